The van der Waals surface area contributed by atoms with Gasteiger partial charge in [-0.05, 0) is 30.7 Å². The molecule has 1 unspecified atom stereocenters. The largest absolute Gasteiger partial charge is 1.00 e. The maximum absolute atomic E-state index is 10.5. The lowest BCUT2D eigenvalue weighted by molar-refractivity contribution is -0.898. The van der Waals surface area contributed by atoms with Crippen LogP contribution in [0.3, 0.4) is 0 Å². The summed E-state index contributed by atoms with van der Waals surface area (Å²) >= 11 is 0. The van der Waals surface area contributed by atoms with Crippen LogP contribution in [0.5, 0.6) is 5.75 Å². The number of rotatable bonds is 9. The minimum Gasteiger partial charge on any atom is -1.00 e. The Balaban J connectivity index is 0.00000338. The minimum absolute atomic E-state index is 0. The molecule has 2 nitrogen and oxygen atoms in total. The summed E-state index contributed by atoms with van der Waals surface area (Å²) in [7, 11) is 2.24. The van der Waals surface area contributed by atoms with E-state index in [2.05, 4.69) is 57.5 Å². The minimum atomic E-state index is 0. The van der Waals surface area contributed by atoms with Crippen LogP contribution in [0, 0.1) is 6.92 Å². The summed E-state index contributed by atoms with van der Waals surface area (Å²) in [6.07, 6.45) is 4.91. The maximum Gasteiger partial charge on any atom is 0.119 e. The lowest BCUT2D eigenvalue weighted by atomic mass is 9.86. The fraction of sp³-hybridized carbons (Fsp3) is 0.304. The summed E-state index contributed by atoms with van der Waals surface area (Å²) in [6.45, 7) is 12.7. The third kappa shape index (κ3) is 5.99. The summed E-state index contributed by atoms with van der Waals surface area (Å²) < 4.78 is 0.878. The number of aryl methyl sites for hydroxylation is 1. The average molecular weight is 463 g/mol. The molecule has 0 aliphatic carbocycles. The molecule has 0 saturated carbocycles. The van der Waals surface area contributed by atoms with E-state index in [1.165, 1.54) is 11.1 Å². The second-order valence-corrected chi connectivity index (χ2v) is 7.10. The van der Waals surface area contributed by atoms with E-state index >= 15 is 0 Å². The molecule has 140 valence electrons. The van der Waals surface area contributed by atoms with Crippen LogP contribution in [0.15, 0.2) is 73.8 Å². The second-order valence-electron chi connectivity index (χ2n) is 7.10. The predicted octanol–water partition coefficient (Wildman–Crippen LogP) is 2.05. The van der Waals surface area contributed by atoms with E-state index < -0.39 is 0 Å². The fourth-order valence-corrected chi connectivity index (χ4v) is 3.46. The van der Waals surface area contributed by atoms with Crippen molar-refractivity contribution in [2.45, 2.75) is 19.3 Å². The van der Waals surface area contributed by atoms with Gasteiger partial charge >= 0.3 is 0 Å². The Labute approximate surface area is 175 Å². The van der Waals surface area contributed by atoms with Gasteiger partial charge in [0.25, 0.3) is 0 Å². The number of aromatic hydroxyl groups is 1. The molecular weight excluding hydrogens is 433 g/mol. The summed E-state index contributed by atoms with van der Waals surface area (Å²) in [6, 6.07) is 16.3. The molecule has 0 heterocycles. The first-order chi connectivity index (χ1) is 12.0. The van der Waals surface area contributed by atoms with E-state index in [1.807, 2.05) is 30.4 Å². The van der Waals surface area contributed by atoms with E-state index in [9.17, 15) is 5.11 Å². The molecule has 26 heavy (non-hydrogen) atoms. The Morgan fingerprint density at radius 1 is 1.04 bits per heavy atom. The maximum atomic E-state index is 10.5. The van der Waals surface area contributed by atoms with Crippen molar-refractivity contribution < 1.29 is 33.6 Å². The summed E-state index contributed by atoms with van der Waals surface area (Å²) in [5, 5.41) is 10.5. The number of hydrogen-bond acceptors (Lipinski definition) is 1. The van der Waals surface area contributed by atoms with Crippen LogP contribution in [-0.2, 0) is 0 Å². The highest BCUT2D eigenvalue weighted by atomic mass is 127. The van der Waals surface area contributed by atoms with Gasteiger partial charge in [0.05, 0.1) is 26.7 Å². The van der Waals surface area contributed by atoms with Gasteiger partial charge in [0.2, 0.25) is 0 Å². The third-order valence-corrected chi connectivity index (χ3v) is 4.86. The van der Waals surface area contributed by atoms with E-state index in [0.717, 1.165) is 36.1 Å². The van der Waals surface area contributed by atoms with Crippen LogP contribution in [0.25, 0.3) is 0 Å². The van der Waals surface area contributed by atoms with Crippen LogP contribution in [0.4, 0.5) is 0 Å². The molecule has 2 aromatic carbocycles. The van der Waals surface area contributed by atoms with Gasteiger partial charge in [0.1, 0.15) is 5.75 Å². The normalized spacial score (nSPS) is 12.1. The number of halogens is 1. The van der Waals surface area contributed by atoms with Gasteiger partial charge in [-0.3, -0.25) is 0 Å². The number of nitrogens with zero attached hydrogens (tertiary/aromatic N) is 1. The molecule has 0 aliphatic rings. The molecule has 2 rings (SSSR count). The Morgan fingerprint density at radius 2 is 1.65 bits per heavy atom. The number of phenols is 1. The van der Waals surface area contributed by atoms with Gasteiger partial charge in [0.15, 0.2) is 0 Å². The molecule has 1 N–H and O–H groups in total. The molecule has 0 spiro atoms. The Hall–Kier alpha value is -1.59. The Kier molecular flexibility index (Phi) is 9.09. The molecule has 0 bridgehead atoms. The number of hydrogen-bond donors (Lipinski definition) is 1. The highest BCUT2D eigenvalue weighted by Crippen LogP contribution is 2.35. The zero-order chi connectivity index (χ0) is 18.3. The van der Waals surface area contributed by atoms with E-state index in [4.69, 9.17) is 0 Å². The van der Waals surface area contributed by atoms with Gasteiger partial charge < -0.3 is 33.6 Å². The van der Waals surface area contributed by atoms with Crippen molar-refractivity contribution in [2.75, 3.05) is 26.7 Å². The molecule has 0 amide bonds. The second kappa shape index (κ2) is 10.5. The van der Waals surface area contributed by atoms with Gasteiger partial charge in [0, 0.05) is 17.9 Å². The Morgan fingerprint density at radius 3 is 2.23 bits per heavy atom. The first-order valence-corrected chi connectivity index (χ1v) is 8.89. The van der Waals surface area contributed by atoms with E-state index in [-0.39, 0.29) is 29.9 Å². The van der Waals surface area contributed by atoms with Crippen LogP contribution in [0.2, 0.25) is 0 Å². The van der Waals surface area contributed by atoms with Crippen LogP contribution >= 0.6 is 0 Å². The lowest BCUT2D eigenvalue weighted by Gasteiger charge is -2.34. The number of quaternary nitrogens is 1. The van der Waals surface area contributed by atoms with E-state index in [1.54, 1.807) is 0 Å². The van der Waals surface area contributed by atoms with Crippen LogP contribution in [0.1, 0.15) is 29.0 Å². The Bertz CT molecular complexity index is 701. The highest BCUT2D eigenvalue weighted by Gasteiger charge is 2.24. The van der Waals surface area contributed by atoms with Crippen molar-refractivity contribution in [3.8, 4) is 5.75 Å². The number of benzene rings is 2. The van der Waals surface area contributed by atoms with Crippen molar-refractivity contribution in [3.63, 3.8) is 0 Å². The quantitative estimate of drug-likeness (QED) is 0.343. The predicted molar refractivity (Wildman–Crippen MR) is 107 cm³/mol. The van der Waals surface area contributed by atoms with Crippen molar-refractivity contribution in [1.29, 1.82) is 0 Å². The topological polar surface area (TPSA) is 20.2 Å². The zero-order valence-corrected chi connectivity index (χ0v) is 18.0. The van der Waals surface area contributed by atoms with Crippen LogP contribution in [-0.4, -0.2) is 36.3 Å². The summed E-state index contributed by atoms with van der Waals surface area (Å²) in [5.74, 6) is 0.550. The first-order valence-electron chi connectivity index (χ1n) is 8.89. The summed E-state index contributed by atoms with van der Waals surface area (Å²) in [4.78, 5) is 0. The van der Waals surface area contributed by atoms with Gasteiger partial charge in [-0.15, -0.1) is 0 Å². The summed E-state index contributed by atoms with van der Waals surface area (Å²) in [5.41, 5.74) is 3.42. The van der Waals surface area contributed by atoms with Crippen molar-refractivity contribution in [2.24, 2.45) is 0 Å². The molecule has 3 heteroatoms. The fourth-order valence-electron chi connectivity index (χ4n) is 3.46. The van der Waals surface area contributed by atoms with E-state index in [0.29, 0.717) is 5.75 Å². The molecule has 0 aliphatic heterocycles. The van der Waals surface area contributed by atoms with Crippen molar-refractivity contribution in [3.05, 3.63) is 90.5 Å². The molecule has 0 radical (unpaired) electrons. The average Bonchev–Trinajstić information content (AvgIpc) is 2.59. The van der Waals surface area contributed by atoms with Crippen molar-refractivity contribution >= 4 is 0 Å². The third-order valence-electron chi connectivity index (χ3n) is 4.86. The lowest BCUT2D eigenvalue weighted by Crippen LogP contribution is -3.00. The number of phenolic OH excluding ortho intramolecular Hbond substituents is 1. The molecule has 0 fully saturated rings. The molecule has 1 atom stereocenters. The monoisotopic (exact) mass is 463 g/mol. The van der Waals surface area contributed by atoms with Gasteiger partial charge in [-0.1, -0.05) is 61.2 Å². The molecule has 0 saturated heterocycles. The zero-order valence-electron chi connectivity index (χ0n) is 15.9. The van der Waals surface area contributed by atoms with Gasteiger partial charge in [-0.25, -0.2) is 0 Å². The van der Waals surface area contributed by atoms with Crippen LogP contribution < -0.4 is 24.0 Å². The smallest absolute Gasteiger partial charge is 0.119 e. The number of likely N-dealkylation sites (N-methyl/N-ethyl adjacent to an activating group) is 1. The SMILES string of the molecule is C=CC[N+](C)(CC=C)CCC(c1ccccc1)c1cc(C)ccc1O.[I-]. The standard InChI is InChI=1S/C23H29NO.HI/c1-5-15-24(4,16-6-2)17-14-21(20-10-8-7-9-11-20)22-18-19(3)12-13-23(22)25;/h5-13,18,21H,1-2,14-17H2,3-4H3;1H. The molecular formula is C23H30INO. The van der Waals surface area contributed by atoms with Gasteiger partial charge in [-0.2, -0.15) is 0 Å². The first kappa shape index (κ1) is 22.5. The molecule has 0 aromatic heterocycles. The molecule has 2 aromatic rings. The highest BCUT2D eigenvalue weighted by molar-refractivity contribution is 5.43. The van der Waals surface area contributed by atoms with Crippen molar-refractivity contribution in [1.82, 2.24) is 0 Å².